The van der Waals surface area contributed by atoms with Crippen LogP contribution in [0, 0.1) is 5.82 Å². The molecule has 98 valence electrons. The van der Waals surface area contributed by atoms with E-state index in [0.29, 0.717) is 5.00 Å². The molecule has 0 unspecified atom stereocenters. The van der Waals surface area contributed by atoms with Gasteiger partial charge in [0, 0.05) is 0 Å². The number of hydrogen-bond donors (Lipinski definition) is 3. The van der Waals surface area contributed by atoms with Crippen molar-refractivity contribution >= 4 is 28.2 Å². The molecule has 0 fully saturated rings. The molecule has 0 aliphatic heterocycles. The number of carbonyl (C=O) groups is 2. The van der Waals surface area contributed by atoms with Crippen LogP contribution in [0.3, 0.4) is 0 Å². The highest BCUT2D eigenvalue weighted by Crippen LogP contribution is 2.24. The summed E-state index contributed by atoms with van der Waals surface area (Å²) in [6.07, 6.45) is 0. The van der Waals surface area contributed by atoms with Crippen LogP contribution < -0.4 is 5.32 Å². The minimum absolute atomic E-state index is 0.0683. The van der Waals surface area contributed by atoms with E-state index >= 15 is 0 Å². The van der Waals surface area contributed by atoms with Gasteiger partial charge in [-0.2, -0.15) is 0 Å². The third-order valence-corrected chi connectivity index (χ3v) is 3.25. The summed E-state index contributed by atoms with van der Waals surface area (Å²) in [5.74, 6) is -2.82. The highest BCUT2D eigenvalue weighted by atomic mass is 32.1. The highest BCUT2D eigenvalue weighted by molar-refractivity contribution is 7.18. The maximum absolute atomic E-state index is 13.0. The lowest BCUT2D eigenvalue weighted by atomic mass is 10.2. The minimum Gasteiger partial charge on any atom is -0.507 e. The molecule has 19 heavy (non-hydrogen) atoms. The Morgan fingerprint density at radius 1 is 1.21 bits per heavy atom. The fourth-order valence-electron chi connectivity index (χ4n) is 1.39. The van der Waals surface area contributed by atoms with E-state index in [9.17, 15) is 19.1 Å². The summed E-state index contributed by atoms with van der Waals surface area (Å²) in [7, 11) is 0. The van der Waals surface area contributed by atoms with Gasteiger partial charge in [-0.1, -0.05) is 0 Å². The monoisotopic (exact) mass is 281 g/mol. The first-order valence-electron chi connectivity index (χ1n) is 5.10. The second-order valence-electron chi connectivity index (χ2n) is 3.58. The van der Waals surface area contributed by atoms with Crippen molar-refractivity contribution in [3.05, 3.63) is 46.6 Å². The van der Waals surface area contributed by atoms with E-state index in [-0.39, 0.29) is 16.2 Å². The fourth-order valence-corrected chi connectivity index (χ4v) is 2.13. The molecular formula is C12H8FNO4S. The molecule has 0 saturated heterocycles. The normalized spacial score (nSPS) is 10.2. The molecule has 3 N–H and O–H groups in total. The van der Waals surface area contributed by atoms with Crippen LogP contribution in [-0.2, 0) is 0 Å². The molecular weight excluding hydrogens is 273 g/mol. The molecule has 1 aromatic carbocycles. The third-order valence-electron chi connectivity index (χ3n) is 2.26. The number of anilines is 1. The molecule has 2 rings (SSSR count). The lowest BCUT2D eigenvalue weighted by Gasteiger charge is -2.04. The molecule has 7 heteroatoms. The average molecular weight is 281 g/mol. The zero-order valence-electron chi connectivity index (χ0n) is 9.38. The smallest absolute Gasteiger partial charge is 0.345 e. The quantitative estimate of drug-likeness (QED) is 0.807. The maximum atomic E-state index is 13.0. The number of carboxylic acids is 1. The van der Waals surface area contributed by atoms with E-state index in [0.717, 1.165) is 29.5 Å². The van der Waals surface area contributed by atoms with Gasteiger partial charge in [-0.15, -0.1) is 11.3 Å². The maximum Gasteiger partial charge on any atom is 0.345 e. The van der Waals surface area contributed by atoms with Gasteiger partial charge in [0.25, 0.3) is 5.91 Å². The molecule has 1 heterocycles. The number of carbonyl (C=O) groups excluding carboxylic acids is 1. The van der Waals surface area contributed by atoms with Gasteiger partial charge in [0.2, 0.25) is 0 Å². The number of phenolic OH excluding ortho intramolecular Hbond substituents is 1. The van der Waals surface area contributed by atoms with Crippen LogP contribution in [0.25, 0.3) is 0 Å². The van der Waals surface area contributed by atoms with Crippen molar-refractivity contribution in [3.8, 4) is 5.75 Å². The van der Waals surface area contributed by atoms with Gasteiger partial charge < -0.3 is 15.5 Å². The van der Waals surface area contributed by atoms with E-state index in [2.05, 4.69) is 5.32 Å². The Hall–Kier alpha value is -2.41. The lowest BCUT2D eigenvalue weighted by Crippen LogP contribution is -2.11. The molecule has 0 saturated carbocycles. The topological polar surface area (TPSA) is 86.6 Å². The molecule has 0 aliphatic rings. The fraction of sp³-hybridized carbons (Fsp3) is 0. The number of nitrogens with one attached hydrogen (secondary N) is 1. The molecule has 0 atom stereocenters. The third kappa shape index (κ3) is 2.89. The van der Waals surface area contributed by atoms with Gasteiger partial charge in [0.15, 0.2) is 0 Å². The van der Waals surface area contributed by atoms with Gasteiger partial charge >= 0.3 is 5.97 Å². The predicted octanol–water partition coefficient (Wildman–Crippen LogP) is 2.54. The van der Waals surface area contributed by atoms with E-state index in [1.54, 1.807) is 0 Å². The van der Waals surface area contributed by atoms with Crippen molar-refractivity contribution in [1.29, 1.82) is 0 Å². The Bertz CT molecular complexity index is 653. The van der Waals surface area contributed by atoms with Crippen molar-refractivity contribution < 1.29 is 24.2 Å². The molecule has 0 radical (unpaired) electrons. The van der Waals surface area contributed by atoms with Gasteiger partial charge in [-0.05, 0) is 30.3 Å². The summed E-state index contributed by atoms with van der Waals surface area (Å²) in [6.45, 7) is 0. The van der Waals surface area contributed by atoms with Crippen LogP contribution in [0.1, 0.15) is 20.0 Å². The molecule has 0 aliphatic carbocycles. The van der Waals surface area contributed by atoms with Crippen LogP contribution in [-0.4, -0.2) is 22.1 Å². The van der Waals surface area contributed by atoms with Crippen molar-refractivity contribution in [2.75, 3.05) is 5.32 Å². The number of hydrogen-bond acceptors (Lipinski definition) is 4. The Morgan fingerprint density at radius 3 is 2.58 bits per heavy atom. The average Bonchev–Trinajstić information content (AvgIpc) is 2.80. The Kier molecular flexibility index (Phi) is 3.48. The van der Waals surface area contributed by atoms with Crippen LogP contribution >= 0.6 is 11.3 Å². The van der Waals surface area contributed by atoms with Crippen LogP contribution in [0.2, 0.25) is 0 Å². The number of aromatic hydroxyl groups is 1. The second-order valence-corrected chi connectivity index (χ2v) is 4.67. The van der Waals surface area contributed by atoms with Crippen molar-refractivity contribution in [3.63, 3.8) is 0 Å². The number of rotatable bonds is 3. The van der Waals surface area contributed by atoms with Crippen molar-refractivity contribution in [2.45, 2.75) is 0 Å². The highest BCUT2D eigenvalue weighted by Gasteiger charge is 2.14. The van der Waals surface area contributed by atoms with Crippen molar-refractivity contribution in [2.24, 2.45) is 0 Å². The predicted molar refractivity (Wildman–Crippen MR) is 67.3 cm³/mol. The van der Waals surface area contributed by atoms with Crippen LogP contribution in [0.15, 0.2) is 30.3 Å². The number of amides is 1. The van der Waals surface area contributed by atoms with Crippen molar-refractivity contribution in [1.82, 2.24) is 0 Å². The Labute approximate surface area is 110 Å². The first-order valence-corrected chi connectivity index (χ1v) is 5.92. The van der Waals surface area contributed by atoms with Gasteiger partial charge in [0.1, 0.15) is 16.4 Å². The Morgan fingerprint density at radius 2 is 1.95 bits per heavy atom. The molecule has 5 nitrogen and oxygen atoms in total. The summed E-state index contributed by atoms with van der Waals surface area (Å²) in [5.41, 5.74) is -0.217. The number of phenols is 1. The summed E-state index contributed by atoms with van der Waals surface area (Å²) >= 11 is 0.867. The van der Waals surface area contributed by atoms with E-state index in [1.165, 1.54) is 12.1 Å². The first-order chi connectivity index (χ1) is 8.97. The van der Waals surface area contributed by atoms with Gasteiger partial charge in [-0.25, -0.2) is 9.18 Å². The standard InChI is InChI=1S/C12H8FNO4S/c13-6-1-2-8(15)7(5-6)11(16)14-10-4-3-9(19-10)12(17)18/h1-5,15H,(H,14,16)(H,17,18). The second kappa shape index (κ2) is 5.07. The van der Waals surface area contributed by atoms with Gasteiger partial charge in [-0.3, -0.25) is 4.79 Å². The SMILES string of the molecule is O=C(O)c1ccc(NC(=O)c2cc(F)ccc2O)s1. The summed E-state index contributed by atoms with van der Waals surface area (Å²) in [5, 5.41) is 20.9. The number of halogens is 1. The minimum atomic E-state index is -1.10. The molecule has 1 amide bonds. The van der Waals surface area contributed by atoms with Crippen LogP contribution in [0.5, 0.6) is 5.75 Å². The van der Waals surface area contributed by atoms with E-state index < -0.39 is 17.7 Å². The summed E-state index contributed by atoms with van der Waals surface area (Å²) in [6, 6.07) is 5.76. The Balaban J connectivity index is 2.20. The van der Waals surface area contributed by atoms with E-state index in [4.69, 9.17) is 5.11 Å². The number of aromatic carboxylic acids is 1. The zero-order valence-corrected chi connectivity index (χ0v) is 10.2. The zero-order chi connectivity index (χ0) is 14.0. The molecule has 0 spiro atoms. The number of carboxylic acid groups (broad SMARTS) is 1. The molecule has 2 aromatic rings. The molecule has 1 aromatic heterocycles. The molecule has 0 bridgehead atoms. The van der Waals surface area contributed by atoms with Gasteiger partial charge in [0.05, 0.1) is 10.6 Å². The number of thiophene rings is 1. The summed E-state index contributed by atoms with van der Waals surface area (Å²) < 4.78 is 13.0. The largest absolute Gasteiger partial charge is 0.507 e. The first kappa shape index (κ1) is 13.0. The van der Waals surface area contributed by atoms with E-state index in [1.807, 2.05) is 0 Å². The number of benzene rings is 1. The van der Waals surface area contributed by atoms with Crippen LogP contribution in [0.4, 0.5) is 9.39 Å². The lowest BCUT2D eigenvalue weighted by molar-refractivity contribution is 0.0702. The summed E-state index contributed by atoms with van der Waals surface area (Å²) in [4.78, 5) is 22.5.